The Labute approximate surface area is 211 Å². The van der Waals surface area contributed by atoms with Crippen LogP contribution in [0.5, 0.6) is 11.5 Å². The van der Waals surface area contributed by atoms with Crippen LogP contribution < -0.4 is 26.2 Å². The van der Waals surface area contributed by atoms with E-state index in [-0.39, 0.29) is 11.8 Å². The Morgan fingerprint density at radius 1 is 1.11 bits per heavy atom. The van der Waals surface area contributed by atoms with Crippen LogP contribution in [0, 0.1) is 5.41 Å². The minimum Gasteiger partial charge on any atom is -0.497 e. The molecule has 0 aliphatic heterocycles. The molecular formula is C24H26N8O5. The summed E-state index contributed by atoms with van der Waals surface area (Å²) in [6.45, 7) is 1.08. The molecular weight excluding hydrogens is 480 g/mol. The van der Waals surface area contributed by atoms with Crippen LogP contribution in [0.15, 0.2) is 65.7 Å². The van der Waals surface area contributed by atoms with E-state index in [1.807, 2.05) is 12.1 Å². The number of nitrogens with two attached hydrogens (primary N) is 1. The van der Waals surface area contributed by atoms with E-state index >= 15 is 0 Å². The van der Waals surface area contributed by atoms with Crippen molar-refractivity contribution in [2.75, 3.05) is 19.5 Å². The maximum absolute atomic E-state index is 12.6. The average Bonchev–Trinajstić information content (AvgIpc) is 3.28. The van der Waals surface area contributed by atoms with Crippen molar-refractivity contribution in [3.63, 3.8) is 0 Å². The van der Waals surface area contributed by atoms with E-state index in [1.54, 1.807) is 50.6 Å². The lowest BCUT2D eigenvalue weighted by Crippen LogP contribution is -2.18. The fourth-order valence-corrected chi connectivity index (χ4v) is 3.23. The van der Waals surface area contributed by atoms with Crippen molar-refractivity contribution in [2.45, 2.75) is 13.0 Å². The molecule has 2 heterocycles. The summed E-state index contributed by atoms with van der Waals surface area (Å²) in [5.41, 5.74) is 7.12. The molecule has 13 nitrogen and oxygen atoms in total. The number of carbonyl (C=O) groups is 1. The molecule has 0 amide bonds. The van der Waals surface area contributed by atoms with Crippen molar-refractivity contribution in [3.05, 3.63) is 88.4 Å². The molecule has 6 N–H and O–H groups in total. The van der Waals surface area contributed by atoms with Gasteiger partial charge in [0.1, 0.15) is 23.4 Å². The Balaban J connectivity index is 0.000000886. The van der Waals surface area contributed by atoms with Gasteiger partial charge >= 0.3 is 5.69 Å². The van der Waals surface area contributed by atoms with Gasteiger partial charge in [-0.1, -0.05) is 0 Å². The lowest BCUT2D eigenvalue weighted by atomic mass is 10.0. The van der Waals surface area contributed by atoms with Gasteiger partial charge in [0.2, 0.25) is 0 Å². The number of aromatic amines is 1. The topological polar surface area (TPSA) is 194 Å². The minimum atomic E-state index is -0.833. The van der Waals surface area contributed by atoms with E-state index in [0.717, 1.165) is 22.9 Å². The summed E-state index contributed by atoms with van der Waals surface area (Å²) in [5.74, 6) is 0.783. The number of aliphatic carboxylic acids is 1. The number of methoxy groups -OCH3 is 2. The zero-order valence-electron chi connectivity index (χ0n) is 20.3. The van der Waals surface area contributed by atoms with Gasteiger partial charge in [-0.25, -0.2) is 14.8 Å². The maximum atomic E-state index is 12.6. The third kappa shape index (κ3) is 6.91. The molecule has 4 aromatic rings. The van der Waals surface area contributed by atoms with Crippen LogP contribution in [0.1, 0.15) is 29.9 Å². The highest BCUT2D eigenvalue weighted by Gasteiger charge is 2.22. The first-order valence-electron chi connectivity index (χ1n) is 10.8. The average molecular weight is 507 g/mol. The number of hydrogen-bond donors (Lipinski definition) is 5. The number of H-pyrrole nitrogens is 1. The number of nitrogens with zero attached hydrogens (tertiary/aromatic N) is 4. The number of rotatable bonds is 8. The Morgan fingerprint density at radius 2 is 1.68 bits per heavy atom. The summed E-state index contributed by atoms with van der Waals surface area (Å²) in [6.07, 6.45) is 3.06. The van der Waals surface area contributed by atoms with Gasteiger partial charge in [0.15, 0.2) is 5.82 Å². The van der Waals surface area contributed by atoms with E-state index in [4.69, 9.17) is 30.5 Å². The van der Waals surface area contributed by atoms with Gasteiger partial charge in [0.05, 0.1) is 14.2 Å². The quantitative estimate of drug-likeness (QED) is 0.174. The number of hydrogen-bond acceptors (Lipinski definition) is 9. The largest absolute Gasteiger partial charge is 0.497 e. The highest BCUT2D eigenvalue weighted by molar-refractivity contribution is 5.95. The zero-order valence-corrected chi connectivity index (χ0v) is 20.3. The fraction of sp³-hybridized carbons (Fsp3) is 0.167. The number of carboxylic acids is 1. The highest BCUT2D eigenvalue weighted by atomic mass is 16.5. The smallest absolute Gasteiger partial charge is 0.350 e. The van der Waals surface area contributed by atoms with Gasteiger partial charge in [-0.2, -0.15) is 0 Å². The van der Waals surface area contributed by atoms with Gasteiger partial charge in [-0.3, -0.25) is 15.2 Å². The predicted octanol–water partition coefficient (Wildman–Crippen LogP) is 1.94. The molecule has 0 saturated heterocycles. The lowest BCUT2D eigenvalue weighted by molar-refractivity contribution is -0.134. The number of nitrogen functional groups attached to an aromatic ring is 1. The third-order valence-electron chi connectivity index (χ3n) is 4.86. The fourth-order valence-electron chi connectivity index (χ4n) is 3.23. The molecule has 37 heavy (non-hydrogen) atoms. The van der Waals surface area contributed by atoms with Crippen LogP contribution >= 0.6 is 0 Å². The molecule has 0 saturated carbocycles. The number of benzene rings is 2. The van der Waals surface area contributed by atoms with Gasteiger partial charge in [0, 0.05) is 36.6 Å². The van der Waals surface area contributed by atoms with Crippen LogP contribution in [0.4, 0.5) is 5.69 Å². The molecule has 1 atom stereocenters. The second-order valence-corrected chi connectivity index (χ2v) is 7.51. The second kappa shape index (κ2) is 12.0. The molecule has 0 fully saturated rings. The van der Waals surface area contributed by atoms with Crippen LogP contribution in [0.3, 0.4) is 0 Å². The summed E-state index contributed by atoms with van der Waals surface area (Å²) in [7, 11) is 3.12. The van der Waals surface area contributed by atoms with Crippen molar-refractivity contribution >= 4 is 17.5 Å². The second-order valence-electron chi connectivity index (χ2n) is 7.51. The van der Waals surface area contributed by atoms with Crippen molar-refractivity contribution in [3.8, 4) is 17.4 Å². The highest BCUT2D eigenvalue weighted by Crippen LogP contribution is 2.31. The first kappa shape index (κ1) is 26.4. The normalized spacial score (nSPS) is 11.0. The van der Waals surface area contributed by atoms with Crippen LogP contribution in [-0.4, -0.2) is 55.9 Å². The van der Waals surface area contributed by atoms with Crippen LogP contribution in [0.2, 0.25) is 0 Å². The molecule has 0 bridgehead atoms. The first-order chi connectivity index (χ1) is 17.7. The number of amidine groups is 1. The monoisotopic (exact) mass is 506 g/mol. The Hall–Kier alpha value is -5.20. The standard InChI is InChI=1S/C22H22N8O3.C2H4O2/c1-32-16-10-14(11-17(12-16)33-2)18(27-15-6-4-13(5-7-15)19(23)24)20-28-22(31)30(29-20)21-25-8-3-9-26-21;1-2(3)4/h3-12,18,27H,1-2H3,(H3,23,24)(H,28,29,31);1H3,(H,3,4)/t18-;/m0./s1. The molecule has 13 heteroatoms. The number of nitrogens with one attached hydrogen (secondary N) is 3. The summed E-state index contributed by atoms with van der Waals surface area (Å²) >= 11 is 0. The molecule has 0 aliphatic rings. The summed E-state index contributed by atoms with van der Waals surface area (Å²) in [4.78, 5) is 32.6. The van der Waals surface area contributed by atoms with E-state index in [0.29, 0.717) is 22.9 Å². The number of anilines is 1. The molecule has 0 spiro atoms. The molecule has 2 aromatic heterocycles. The maximum Gasteiger partial charge on any atom is 0.350 e. The molecule has 2 aromatic carbocycles. The van der Waals surface area contributed by atoms with Crippen molar-refractivity contribution in [1.82, 2.24) is 24.7 Å². The lowest BCUT2D eigenvalue weighted by Gasteiger charge is -2.20. The molecule has 192 valence electrons. The molecule has 0 aliphatic carbocycles. The molecule has 0 unspecified atom stereocenters. The summed E-state index contributed by atoms with van der Waals surface area (Å²) in [5, 5.41) is 22.8. The Bertz CT molecular complexity index is 1390. The summed E-state index contributed by atoms with van der Waals surface area (Å²) in [6, 6.07) is 13.5. The van der Waals surface area contributed by atoms with Crippen LogP contribution in [-0.2, 0) is 4.79 Å². The van der Waals surface area contributed by atoms with E-state index in [1.165, 1.54) is 12.4 Å². The van der Waals surface area contributed by atoms with E-state index in [2.05, 4.69) is 25.4 Å². The van der Waals surface area contributed by atoms with Gasteiger partial charge < -0.3 is 25.6 Å². The zero-order chi connectivity index (χ0) is 26.9. The third-order valence-corrected chi connectivity index (χ3v) is 4.86. The van der Waals surface area contributed by atoms with Gasteiger partial charge in [-0.05, 0) is 48.0 Å². The van der Waals surface area contributed by atoms with Crippen molar-refractivity contribution in [2.24, 2.45) is 5.73 Å². The number of aromatic nitrogens is 5. The van der Waals surface area contributed by atoms with E-state index < -0.39 is 17.7 Å². The SMILES string of the molecule is CC(=O)O.COc1cc(OC)cc([C@H](Nc2ccc(C(=N)N)cc2)c2nn(-c3ncccn3)c(=O)[nH]2)c1. The van der Waals surface area contributed by atoms with Crippen LogP contribution in [0.25, 0.3) is 5.95 Å². The summed E-state index contributed by atoms with van der Waals surface area (Å²) < 4.78 is 11.9. The van der Waals surface area contributed by atoms with Crippen molar-refractivity contribution < 1.29 is 19.4 Å². The number of ether oxygens (including phenoxy) is 2. The predicted molar refractivity (Wildman–Crippen MR) is 136 cm³/mol. The van der Waals surface area contributed by atoms with Crippen molar-refractivity contribution in [1.29, 1.82) is 5.41 Å². The van der Waals surface area contributed by atoms with Gasteiger partial charge in [0.25, 0.3) is 11.9 Å². The Morgan fingerprint density at radius 3 is 2.19 bits per heavy atom. The van der Waals surface area contributed by atoms with Gasteiger partial charge in [-0.15, -0.1) is 9.78 Å². The van der Waals surface area contributed by atoms with E-state index in [9.17, 15) is 4.79 Å². The molecule has 0 radical (unpaired) electrons. The number of carboxylic acid groups (broad SMARTS) is 1. The Kier molecular flexibility index (Phi) is 8.54. The first-order valence-corrected chi connectivity index (χ1v) is 10.8. The minimum absolute atomic E-state index is 0.0263. The molecule has 4 rings (SSSR count).